The lowest BCUT2D eigenvalue weighted by molar-refractivity contribution is -0.150. The van der Waals surface area contributed by atoms with E-state index in [1.165, 1.54) is 11.8 Å². The van der Waals surface area contributed by atoms with Crippen LogP contribution in [0, 0.1) is 0 Å². The predicted molar refractivity (Wildman–Crippen MR) is 114 cm³/mol. The topological polar surface area (TPSA) is 122 Å². The average molecular weight is 453 g/mol. The van der Waals surface area contributed by atoms with Crippen LogP contribution in [0.5, 0.6) is 0 Å². The van der Waals surface area contributed by atoms with E-state index in [9.17, 15) is 24.1 Å². The number of carbonyl (C=O) groups is 3. The molecule has 1 aromatic carbocycles. The standard InChI is InChI=1S/C21H29N2O7P/c1-16(19(24)23-13-8-11-18(23)20(25)26)30-31(28)14-7-3-6-12-22-21(27)29-15-17-9-4-2-5-10-17/h2,4-5,9-10,16,18H,3,6-8,11-15H2,1H3,(H-,22,25,26,27)/p+1/t16-,18-/m0/s1. The van der Waals surface area contributed by atoms with E-state index in [0.717, 1.165) is 12.0 Å². The van der Waals surface area contributed by atoms with Crippen LogP contribution >= 0.6 is 8.03 Å². The summed E-state index contributed by atoms with van der Waals surface area (Å²) in [5, 5.41) is 11.8. The quantitative estimate of drug-likeness (QED) is 0.368. The average Bonchev–Trinajstić information content (AvgIpc) is 3.25. The molecular weight excluding hydrogens is 423 g/mol. The Morgan fingerprint density at radius 2 is 1.97 bits per heavy atom. The summed E-state index contributed by atoms with van der Waals surface area (Å²) in [4.78, 5) is 36.5. The number of hydrogen-bond donors (Lipinski definition) is 2. The number of likely N-dealkylation sites (tertiary alicyclic amines) is 1. The van der Waals surface area contributed by atoms with E-state index in [2.05, 4.69) is 5.32 Å². The van der Waals surface area contributed by atoms with Gasteiger partial charge < -0.3 is 20.1 Å². The zero-order valence-corrected chi connectivity index (χ0v) is 18.6. The van der Waals surface area contributed by atoms with Crippen molar-refractivity contribution in [3.8, 4) is 0 Å². The molecule has 3 atom stereocenters. The Bertz CT molecular complexity index is 759. The highest BCUT2D eigenvalue weighted by molar-refractivity contribution is 7.39. The molecule has 1 saturated heterocycles. The number of nitrogens with one attached hydrogen (secondary N) is 1. The fourth-order valence-electron chi connectivity index (χ4n) is 3.30. The third-order valence-corrected chi connectivity index (χ3v) is 6.18. The SMILES string of the molecule is C[C@H](O[P+](=O)CCCCCNC(=O)OCc1ccccc1)C(=O)N1CCC[C@H]1C(=O)O. The van der Waals surface area contributed by atoms with Crippen LogP contribution in [-0.2, 0) is 30.0 Å². The van der Waals surface area contributed by atoms with E-state index in [-0.39, 0.29) is 6.61 Å². The molecule has 0 spiro atoms. The summed E-state index contributed by atoms with van der Waals surface area (Å²) in [7, 11) is -2.02. The van der Waals surface area contributed by atoms with Gasteiger partial charge in [-0.2, -0.15) is 0 Å². The lowest BCUT2D eigenvalue weighted by Crippen LogP contribution is -2.44. The van der Waals surface area contributed by atoms with Gasteiger partial charge >= 0.3 is 20.1 Å². The predicted octanol–water partition coefficient (Wildman–Crippen LogP) is 3.31. The van der Waals surface area contributed by atoms with Gasteiger partial charge in [0, 0.05) is 13.1 Å². The highest BCUT2D eigenvalue weighted by Crippen LogP contribution is 2.28. The molecular formula is C21H30N2O7P+. The fourth-order valence-corrected chi connectivity index (χ4v) is 4.33. The zero-order valence-electron chi connectivity index (χ0n) is 17.7. The number of hydrogen-bond acceptors (Lipinski definition) is 6. The Hall–Kier alpha value is -2.51. The second-order valence-corrected chi connectivity index (χ2v) is 8.70. The Morgan fingerprint density at radius 1 is 1.23 bits per heavy atom. The first-order valence-corrected chi connectivity index (χ1v) is 11.8. The molecule has 0 saturated carbocycles. The van der Waals surface area contributed by atoms with Crippen LogP contribution in [0.1, 0.15) is 44.6 Å². The molecule has 9 nitrogen and oxygen atoms in total. The number of rotatable bonds is 12. The van der Waals surface area contributed by atoms with Crippen molar-refractivity contribution in [2.24, 2.45) is 0 Å². The van der Waals surface area contributed by atoms with Crippen molar-refractivity contribution in [3.63, 3.8) is 0 Å². The van der Waals surface area contributed by atoms with Crippen molar-refractivity contribution in [1.82, 2.24) is 10.2 Å². The molecule has 170 valence electrons. The zero-order chi connectivity index (χ0) is 22.6. The number of carboxylic acids is 1. The molecule has 2 rings (SSSR count). The molecule has 1 aliphatic rings. The molecule has 0 bridgehead atoms. The van der Waals surface area contributed by atoms with Crippen LogP contribution in [0.25, 0.3) is 0 Å². The lowest BCUT2D eigenvalue weighted by atomic mass is 10.2. The fraction of sp³-hybridized carbons (Fsp3) is 0.571. The number of benzene rings is 1. The van der Waals surface area contributed by atoms with Crippen molar-refractivity contribution in [1.29, 1.82) is 0 Å². The Kier molecular flexibility index (Phi) is 10.4. The normalized spacial score (nSPS) is 17.1. The molecule has 0 aromatic heterocycles. The molecule has 1 unspecified atom stereocenters. The van der Waals surface area contributed by atoms with E-state index >= 15 is 0 Å². The lowest BCUT2D eigenvalue weighted by Gasteiger charge is -2.22. The van der Waals surface area contributed by atoms with Crippen molar-refractivity contribution >= 4 is 26.0 Å². The number of ether oxygens (including phenoxy) is 1. The minimum absolute atomic E-state index is 0.214. The van der Waals surface area contributed by atoms with Gasteiger partial charge in [-0.25, -0.2) is 9.59 Å². The summed E-state index contributed by atoms with van der Waals surface area (Å²) in [6.07, 6.45) is 2.00. The first-order valence-electron chi connectivity index (χ1n) is 10.5. The number of unbranched alkanes of at least 4 members (excludes halogenated alkanes) is 2. The van der Waals surface area contributed by atoms with Crippen molar-refractivity contribution in [3.05, 3.63) is 35.9 Å². The van der Waals surface area contributed by atoms with Gasteiger partial charge in [0.2, 0.25) is 0 Å². The van der Waals surface area contributed by atoms with Crippen LogP contribution in [0.3, 0.4) is 0 Å². The Labute approximate surface area is 183 Å². The van der Waals surface area contributed by atoms with Crippen LogP contribution in [0.4, 0.5) is 4.79 Å². The van der Waals surface area contributed by atoms with Gasteiger partial charge in [0.1, 0.15) is 12.6 Å². The monoisotopic (exact) mass is 453 g/mol. The third kappa shape index (κ3) is 8.63. The molecule has 0 aliphatic carbocycles. The summed E-state index contributed by atoms with van der Waals surface area (Å²) >= 11 is 0. The molecule has 2 N–H and O–H groups in total. The summed E-state index contributed by atoms with van der Waals surface area (Å²) < 4.78 is 22.5. The van der Waals surface area contributed by atoms with Crippen molar-refractivity contribution in [2.75, 3.05) is 19.3 Å². The van der Waals surface area contributed by atoms with Gasteiger partial charge in [0.15, 0.2) is 12.3 Å². The van der Waals surface area contributed by atoms with E-state index < -0.39 is 38.1 Å². The van der Waals surface area contributed by atoms with Gasteiger partial charge in [-0.05, 0) is 49.2 Å². The van der Waals surface area contributed by atoms with Gasteiger partial charge in [-0.15, -0.1) is 4.52 Å². The van der Waals surface area contributed by atoms with Crippen LogP contribution in [-0.4, -0.2) is 59.4 Å². The van der Waals surface area contributed by atoms with Crippen molar-refractivity contribution < 1.29 is 33.3 Å². The smallest absolute Gasteiger partial charge is 0.480 e. The molecule has 1 heterocycles. The highest BCUT2D eigenvalue weighted by atomic mass is 31.1. The van der Waals surface area contributed by atoms with E-state index in [1.807, 2.05) is 30.3 Å². The highest BCUT2D eigenvalue weighted by Gasteiger charge is 2.38. The second-order valence-electron chi connectivity index (χ2n) is 7.38. The number of alkyl carbamates (subject to hydrolysis) is 1. The first kappa shape index (κ1) is 24.8. The van der Waals surface area contributed by atoms with Gasteiger partial charge in [-0.1, -0.05) is 30.3 Å². The largest absolute Gasteiger partial charge is 0.508 e. The number of amides is 2. The second kappa shape index (κ2) is 13.0. The Morgan fingerprint density at radius 3 is 2.68 bits per heavy atom. The summed E-state index contributed by atoms with van der Waals surface area (Å²) in [6, 6.07) is 8.56. The summed E-state index contributed by atoms with van der Waals surface area (Å²) in [5.74, 6) is -1.47. The van der Waals surface area contributed by atoms with Gasteiger partial charge in [0.25, 0.3) is 5.91 Å². The van der Waals surface area contributed by atoms with Gasteiger partial charge in [-0.3, -0.25) is 4.79 Å². The molecule has 0 radical (unpaired) electrons. The molecule has 2 amide bonds. The molecule has 31 heavy (non-hydrogen) atoms. The van der Waals surface area contributed by atoms with Crippen LogP contribution in [0.15, 0.2) is 30.3 Å². The van der Waals surface area contributed by atoms with Crippen LogP contribution in [0.2, 0.25) is 0 Å². The van der Waals surface area contributed by atoms with Gasteiger partial charge in [0.05, 0.1) is 0 Å². The molecule has 1 fully saturated rings. The van der Waals surface area contributed by atoms with E-state index in [4.69, 9.17) is 9.26 Å². The van der Waals surface area contributed by atoms with Crippen molar-refractivity contribution in [2.45, 2.75) is 57.8 Å². The molecule has 1 aliphatic heterocycles. The van der Waals surface area contributed by atoms with E-state index in [1.54, 1.807) is 0 Å². The van der Waals surface area contributed by atoms with E-state index in [0.29, 0.717) is 44.9 Å². The Balaban J connectivity index is 1.54. The first-order chi connectivity index (χ1) is 14.9. The summed E-state index contributed by atoms with van der Waals surface area (Å²) in [5.41, 5.74) is 0.914. The summed E-state index contributed by atoms with van der Waals surface area (Å²) in [6.45, 7) is 2.54. The maximum atomic E-state index is 12.4. The van der Waals surface area contributed by atoms with Crippen LogP contribution < -0.4 is 5.32 Å². The maximum absolute atomic E-state index is 12.4. The molecule has 1 aromatic rings. The number of nitrogens with zero attached hydrogens (tertiary/aromatic N) is 1. The minimum atomic E-state index is -2.02. The number of carboxylic acid groups (broad SMARTS) is 1. The number of carbonyl (C=O) groups excluding carboxylic acids is 2. The number of aliphatic carboxylic acids is 1. The third-order valence-electron chi connectivity index (χ3n) is 4.94. The maximum Gasteiger partial charge on any atom is 0.508 e. The molecule has 10 heteroatoms. The minimum Gasteiger partial charge on any atom is -0.480 e.